The van der Waals surface area contributed by atoms with Crippen LogP contribution in [0.25, 0.3) is 0 Å². The highest BCUT2D eigenvalue weighted by Crippen LogP contribution is 2.23. The van der Waals surface area contributed by atoms with Gasteiger partial charge in [-0.3, -0.25) is 0 Å². The molecule has 0 unspecified atom stereocenters. The topological polar surface area (TPSA) is 111 Å². The van der Waals surface area contributed by atoms with Crippen LogP contribution in [-0.2, 0) is 10.0 Å². The van der Waals surface area contributed by atoms with Gasteiger partial charge in [0, 0.05) is 0 Å². The molecular weight excluding hydrogens is 280 g/mol. The number of nitrogen functional groups attached to an aromatic ring is 1. The molecule has 0 amide bonds. The number of anilines is 2. The van der Waals surface area contributed by atoms with Crippen LogP contribution in [0.15, 0.2) is 27.6 Å². The van der Waals surface area contributed by atoms with Gasteiger partial charge in [0.1, 0.15) is 0 Å². The Kier molecular flexibility index (Phi) is 3.14. The van der Waals surface area contributed by atoms with Crippen LogP contribution >= 0.6 is 11.6 Å². The van der Waals surface area contributed by atoms with Gasteiger partial charge in [-0.15, -0.1) is 0 Å². The van der Waals surface area contributed by atoms with Gasteiger partial charge in [-0.25, -0.2) is 13.1 Å². The molecular formula is C9H9ClN4O3S. The van der Waals surface area contributed by atoms with Gasteiger partial charge in [0.05, 0.1) is 15.6 Å². The number of aromatic nitrogens is 2. The highest BCUT2D eigenvalue weighted by atomic mass is 35.5. The van der Waals surface area contributed by atoms with Gasteiger partial charge >= 0.3 is 6.01 Å². The Morgan fingerprint density at radius 3 is 2.72 bits per heavy atom. The van der Waals surface area contributed by atoms with Crippen molar-refractivity contribution in [2.45, 2.75) is 11.8 Å². The predicted molar refractivity (Wildman–Crippen MR) is 65.7 cm³/mol. The van der Waals surface area contributed by atoms with Crippen LogP contribution in [0.3, 0.4) is 0 Å². The van der Waals surface area contributed by atoms with E-state index >= 15 is 0 Å². The van der Waals surface area contributed by atoms with Crippen LogP contribution in [0, 0.1) is 6.92 Å². The number of sulfonamides is 1. The standard InChI is InChI=1S/C9H9ClN4O3S/c1-5-12-9(17-13-5)14-18(15,16)6-2-3-8(11)7(10)4-6/h2-4H,11H2,1H3,(H,12,13,14). The number of halogens is 1. The molecule has 0 saturated carbocycles. The SMILES string of the molecule is Cc1noc(NS(=O)(=O)c2ccc(N)c(Cl)c2)n1. The van der Waals surface area contributed by atoms with E-state index in [-0.39, 0.29) is 15.9 Å². The molecule has 18 heavy (non-hydrogen) atoms. The third-order valence-corrected chi connectivity index (χ3v) is 3.68. The number of rotatable bonds is 3. The van der Waals surface area contributed by atoms with E-state index in [1.165, 1.54) is 18.2 Å². The molecule has 3 N–H and O–H groups in total. The second-order valence-electron chi connectivity index (χ2n) is 3.44. The van der Waals surface area contributed by atoms with E-state index in [4.69, 9.17) is 17.3 Å². The highest BCUT2D eigenvalue weighted by molar-refractivity contribution is 7.92. The number of hydrogen-bond acceptors (Lipinski definition) is 6. The summed E-state index contributed by atoms with van der Waals surface area (Å²) in [6.07, 6.45) is 0. The van der Waals surface area contributed by atoms with E-state index in [0.717, 1.165) is 0 Å². The van der Waals surface area contributed by atoms with Crippen molar-refractivity contribution in [3.05, 3.63) is 29.0 Å². The molecule has 9 heteroatoms. The van der Waals surface area contributed by atoms with Crippen LogP contribution < -0.4 is 10.5 Å². The number of benzene rings is 1. The summed E-state index contributed by atoms with van der Waals surface area (Å²) in [4.78, 5) is 3.69. The molecule has 0 atom stereocenters. The Balaban J connectivity index is 2.33. The molecule has 0 saturated heterocycles. The van der Waals surface area contributed by atoms with Gasteiger partial charge in [0.25, 0.3) is 10.0 Å². The number of nitrogens with two attached hydrogens (primary N) is 1. The lowest BCUT2D eigenvalue weighted by molar-refractivity contribution is 0.429. The maximum atomic E-state index is 11.9. The summed E-state index contributed by atoms with van der Waals surface area (Å²) in [6.45, 7) is 1.57. The smallest absolute Gasteiger partial charge is 0.335 e. The lowest BCUT2D eigenvalue weighted by Crippen LogP contribution is -2.13. The summed E-state index contributed by atoms with van der Waals surface area (Å²) >= 11 is 5.76. The maximum absolute atomic E-state index is 11.9. The molecule has 2 rings (SSSR count). The van der Waals surface area contributed by atoms with E-state index in [2.05, 4.69) is 19.4 Å². The van der Waals surface area contributed by atoms with Crippen molar-refractivity contribution < 1.29 is 12.9 Å². The number of aryl methyl sites for hydroxylation is 1. The van der Waals surface area contributed by atoms with Crippen molar-refractivity contribution in [1.29, 1.82) is 0 Å². The van der Waals surface area contributed by atoms with Crippen molar-refractivity contribution in [3.8, 4) is 0 Å². The molecule has 0 spiro atoms. The fourth-order valence-electron chi connectivity index (χ4n) is 1.19. The summed E-state index contributed by atoms with van der Waals surface area (Å²) in [5.41, 5.74) is 5.80. The molecule has 0 radical (unpaired) electrons. The average molecular weight is 289 g/mol. The molecule has 7 nitrogen and oxygen atoms in total. The maximum Gasteiger partial charge on any atom is 0.335 e. The lowest BCUT2D eigenvalue weighted by Gasteiger charge is -2.05. The Bertz CT molecular complexity index is 683. The Labute approximate surface area is 108 Å². The third-order valence-electron chi connectivity index (χ3n) is 2.03. The fraction of sp³-hybridized carbons (Fsp3) is 0.111. The predicted octanol–water partition coefficient (Wildman–Crippen LogP) is 1.41. The van der Waals surface area contributed by atoms with Crippen LogP contribution in [0.2, 0.25) is 5.02 Å². The van der Waals surface area contributed by atoms with Crippen molar-refractivity contribution in [3.63, 3.8) is 0 Å². The van der Waals surface area contributed by atoms with E-state index in [1.807, 2.05) is 0 Å². The molecule has 1 heterocycles. The van der Waals surface area contributed by atoms with Crippen molar-refractivity contribution in [1.82, 2.24) is 10.1 Å². The molecule has 96 valence electrons. The zero-order chi connectivity index (χ0) is 13.3. The fourth-order valence-corrected chi connectivity index (χ4v) is 2.38. The van der Waals surface area contributed by atoms with E-state index in [9.17, 15) is 8.42 Å². The van der Waals surface area contributed by atoms with Crippen LogP contribution in [0.5, 0.6) is 0 Å². The molecule has 0 aliphatic heterocycles. The second-order valence-corrected chi connectivity index (χ2v) is 5.53. The summed E-state index contributed by atoms with van der Waals surface area (Å²) in [7, 11) is -3.83. The van der Waals surface area contributed by atoms with Gasteiger partial charge in [0.2, 0.25) is 0 Å². The van der Waals surface area contributed by atoms with Gasteiger partial charge in [0.15, 0.2) is 5.82 Å². The van der Waals surface area contributed by atoms with Gasteiger partial charge in [-0.2, -0.15) is 4.98 Å². The van der Waals surface area contributed by atoms with E-state index in [1.54, 1.807) is 6.92 Å². The first-order chi connectivity index (χ1) is 8.38. The minimum atomic E-state index is -3.83. The quantitative estimate of drug-likeness (QED) is 0.826. The molecule has 1 aromatic heterocycles. The summed E-state index contributed by atoms with van der Waals surface area (Å²) in [5, 5.41) is 3.62. The summed E-state index contributed by atoms with van der Waals surface area (Å²) in [6, 6.07) is 3.76. The molecule has 0 bridgehead atoms. The lowest BCUT2D eigenvalue weighted by atomic mass is 10.3. The van der Waals surface area contributed by atoms with Crippen LogP contribution in [-0.4, -0.2) is 18.6 Å². The van der Waals surface area contributed by atoms with Crippen molar-refractivity contribution in [2.75, 3.05) is 10.5 Å². The summed E-state index contributed by atoms with van der Waals surface area (Å²) < 4.78 is 30.7. The van der Waals surface area contributed by atoms with Crippen LogP contribution in [0.4, 0.5) is 11.7 Å². The molecule has 0 aliphatic carbocycles. The Morgan fingerprint density at radius 2 is 2.17 bits per heavy atom. The molecule has 2 aromatic rings. The van der Waals surface area contributed by atoms with Gasteiger partial charge in [-0.1, -0.05) is 16.8 Å². The minimum Gasteiger partial charge on any atom is -0.398 e. The van der Waals surface area contributed by atoms with Crippen LogP contribution in [0.1, 0.15) is 5.82 Å². The Morgan fingerprint density at radius 1 is 1.44 bits per heavy atom. The highest BCUT2D eigenvalue weighted by Gasteiger charge is 2.18. The van der Waals surface area contributed by atoms with Gasteiger partial charge in [-0.05, 0) is 25.1 Å². The third kappa shape index (κ3) is 2.54. The first-order valence-corrected chi connectivity index (χ1v) is 6.63. The normalized spacial score (nSPS) is 11.4. The zero-order valence-corrected chi connectivity index (χ0v) is 10.8. The first kappa shape index (κ1) is 12.7. The number of nitrogens with one attached hydrogen (secondary N) is 1. The van der Waals surface area contributed by atoms with Gasteiger partial charge < -0.3 is 10.3 Å². The van der Waals surface area contributed by atoms with E-state index < -0.39 is 10.0 Å². The number of hydrogen-bond donors (Lipinski definition) is 2. The average Bonchev–Trinajstić information content (AvgIpc) is 2.67. The largest absolute Gasteiger partial charge is 0.398 e. The Hall–Kier alpha value is -1.80. The first-order valence-electron chi connectivity index (χ1n) is 4.76. The monoisotopic (exact) mass is 288 g/mol. The van der Waals surface area contributed by atoms with E-state index in [0.29, 0.717) is 11.5 Å². The molecule has 0 fully saturated rings. The van der Waals surface area contributed by atoms with Crippen molar-refractivity contribution in [2.24, 2.45) is 0 Å². The van der Waals surface area contributed by atoms with Crippen molar-refractivity contribution >= 4 is 33.3 Å². The molecule has 1 aromatic carbocycles. The second kappa shape index (κ2) is 4.46. The number of nitrogens with zero attached hydrogens (tertiary/aromatic N) is 2. The zero-order valence-electron chi connectivity index (χ0n) is 9.21. The minimum absolute atomic E-state index is 0.0439. The summed E-state index contributed by atoms with van der Waals surface area (Å²) in [5.74, 6) is 0.322. The molecule has 0 aliphatic rings.